The number of rotatable bonds is 4. The van der Waals surface area contributed by atoms with Crippen LogP contribution < -0.4 is 24.8 Å². The molecule has 1 atom stereocenters. The predicted octanol–water partition coefficient (Wildman–Crippen LogP) is 2.99. The molecule has 0 radical (unpaired) electrons. The van der Waals surface area contributed by atoms with Crippen molar-refractivity contribution in [1.29, 1.82) is 0 Å². The molecule has 2 heterocycles. The number of fused-ring (bicyclic) bond motifs is 2. The Morgan fingerprint density at radius 2 is 2.15 bits per heavy atom. The first-order valence-electron chi connectivity index (χ1n) is 8.88. The topological polar surface area (TPSA) is 85.9 Å². The SMILES string of the molecule is CCOc1cc2c(cc1NC(=O)c1ccc3c(c1)NC(=O)CO3)O[C@@H](C)C2. The highest BCUT2D eigenvalue weighted by atomic mass is 16.5. The van der Waals surface area contributed by atoms with Gasteiger partial charge in [-0.3, -0.25) is 9.59 Å². The van der Waals surface area contributed by atoms with Crippen molar-refractivity contribution in [3.63, 3.8) is 0 Å². The van der Waals surface area contributed by atoms with E-state index in [1.54, 1.807) is 24.3 Å². The summed E-state index contributed by atoms with van der Waals surface area (Å²) in [4.78, 5) is 24.2. The molecule has 2 aliphatic rings. The molecule has 0 spiro atoms. The Hall–Kier alpha value is -3.22. The maximum Gasteiger partial charge on any atom is 0.262 e. The molecule has 0 saturated heterocycles. The normalized spacial score (nSPS) is 17.1. The molecule has 7 heteroatoms. The van der Waals surface area contributed by atoms with Crippen LogP contribution in [-0.2, 0) is 11.2 Å². The third kappa shape index (κ3) is 3.40. The zero-order valence-electron chi connectivity index (χ0n) is 15.1. The summed E-state index contributed by atoms with van der Waals surface area (Å²) in [6.07, 6.45) is 0.915. The maximum atomic E-state index is 12.7. The molecule has 2 aromatic carbocycles. The number of ether oxygens (including phenoxy) is 3. The highest BCUT2D eigenvalue weighted by molar-refractivity contribution is 6.07. The lowest BCUT2D eigenvalue weighted by Gasteiger charge is -2.18. The highest BCUT2D eigenvalue weighted by Crippen LogP contribution is 2.38. The Kier molecular flexibility index (Phi) is 4.35. The molecule has 4 rings (SSSR count). The van der Waals surface area contributed by atoms with Crippen molar-refractivity contribution in [2.24, 2.45) is 0 Å². The molecule has 0 saturated carbocycles. The van der Waals surface area contributed by atoms with E-state index in [-0.39, 0.29) is 24.5 Å². The Morgan fingerprint density at radius 1 is 1.30 bits per heavy atom. The van der Waals surface area contributed by atoms with E-state index in [1.807, 2.05) is 19.9 Å². The molecule has 0 bridgehead atoms. The molecule has 2 amide bonds. The molecule has 0 aromatic heterocycles. The summed E-state index contributed by atoms with van der Waals surface area (Å²) in [5, 5.41) is 5.58. The average Bonchev–Trinajstić information content (AvgIpc) is 3.00. The third-order valence-corrected chi connectivity index (χ3v) is 4.42. The molecule has 2 aromatic rings. The van der Waals surface area contributed by atoms with E-state index in [0.29, 0.717) is 35.0 Å². The first-order valence-corrected chi connectivity index (χ1v) is 8.88. The fourth-order valence-electron chi connectivity index (χ4n) is 3.23. The first-order chi connectivity index (χ1) is 13.0. The van der Waals surface area contributed by atoms with Gasteiger partial charge in [0, 0.05) is 23.6 Å². The van der Waals surface area contributed by atoms with Crippen molar-refractivity contribution >= 4 is 23.2 Å². The lowest BCUT2D eigenvalue weighted by Crippen LogP contribution is -2.25. The predicted molar refractivity (Wildman–Crippen MR) is 99.9 cm³/mol. The zero-order valence-corrected chi connectivity index (χ0v) is 15.1. The summed E-state index contributed by atoms with van der Waals surface area (Å²) in [5.41, 5.74) is 2.50. The van der Waals surface area contributed by atoms with Gasteiger partial charge in [-0.25, -0.2) is 0 Å². The smallest absolute Gasteiger partial charge is 0.262 e. The first kappa shape index (κ1) is 17.2. The van der Waals surface area contributed by atoms with E-state index in [0.717, 1.165) is 17.7 Å². The largest absolute Gasteiger partial charge is 0.492 e. The minimum absolute atomic E-state index is 0.0240. The Balaban J connectivity index is 1.60. The zero-order chi connectivity index (χ0) is 19.0. The summed E-state index contributed by atoms with van der Waals surface area (Å²) < 4.78 is 16.8. The lowest BCUT2D eigenvalue weighted by atomic mass is 10.1. The van der Waals surface area contributed by atoms with Gasteiger partial charge >= 0.3 is 0 Å². The van der Waals surface area contributed by atoms with Crippen LogP contribution in [0, 0.1) is 0 Å². The van der Waals surface area contributed by atoms with E-state index in [2.05, 4.69) is 10.6 Å². The van der Waals surface area contributed by atoms with Crippen LogP contribution in [0.25, 0.3) is 0 Å². The van der Waals surface area contributed by atoms with E-state index in [4.69, 9.17) is 14.2 Å². The van der Waals surface area contributed by atoms with Gasteiger partial charge in [-0.05, 0) is 38.1 Å². The number of carbonyl (C=O) groups is 2. The molecular weight excluding hydrogens is 348 g/mol. The van der Waals surface area contributed by atoms with Crippen LogP contribution in [-0.4, -0.2) is 31.1 Å². The van der Waals surface area contributed by atoms with Crippen LogP contribution in [0.1, 0.15) is 29.8 Å². The van der Waals surface area contributed by atoms with Crippen molar-refractivity contribution in [1.82, 2.24) is 0 Å². The molecule has 27 heavy (non-hydrogen) atoms. The molecule has 0 aliphatic carbocycles. The fourth-order valence-corrected chi connectivity index (χ4v) is 3.23. The van der Waals surface area contributed by atoms with Crippen LogP contribution in [0.5, 0.6) is 17.2 Å². The molecular formula is C20H20N2O5. The van der Waals surface area contributed by atoms with Crippen molar-refractivity contribution in [3.8, 4) is 17.2 Å². The number of carbonyl (C=O) groups excluding carboxylic acids is 2. The highest BCUT2D eigenvalue weighted by Gasteiger charge is 2.23. The molecule has 2 aliphatic heterocycles. The molecule has 140 valence electrons. The van der Waals surface area contributed by atoms with Gasteiger partial charge in [0.1, 0.15) is 23.4 Å². The minimum Gasteiger partial charge on any atom is -0.492 e. The van der Waals surface area contributed by atoms with E-state index in [9.17, 15) is 9.59 Å². The van der Waals surface area contributed by atoms with Gasteiger partial charge in [0.25, 0.3) is 11.8 Å². The van der Waals surface area contributed by atoms with Gasteiger partial charge in [0.05, 0.1) is 18.0 Å². The van der Waals surface area contributed by atoms with Crippen molar-refractivity contribution < 1.29 is 23.8 Å². The summed E-state index contributed by atoms with van der Waals surface area (Å²) in [6.45, 7) is 4.36. The number of benzene rings is 2. The Labute approximate surface area is 156 Å². The summed E-state index contributed by atoms with van der Waals surface area (Å²) in [6, 6.07) is 8.62. The second-order valence-electron chi connectivity index (χ2n) is 6.52. The Morgan fingerprint density at radius 3 is 2.96 bits per heavy atom. The van der Waals surface area contributed by atoms with Gasteiger partial charge < -0.3 is 24.8 Å². The average molecular weight is 368 g/mol. The van der Waals surface area contributed by atoms with E-state index < -0.39 is 0 Å². The number of hydrogen-bond donors (Lipinski definition) is 2. The fraction of sp³-hybridized carbons (Fsp3) is 0.300. The molecule has 0 unspecified atom stereocenters. The standard InChI is InChI=1S/C20H20N2O5/c1-3-25-18-8-13-6-11(2)27-17(13)9-15(18)22-20(24)12-4-5-16-14(7-12)21-19(23)10-26-16/h4-5,7-9,11H,3,6,10H2,1-2H3,(H,21,23)(H,22,24)/t11-/m0/s1. The van der Waals surface area contributed by atoms with Crippen LogP contribution in [0.4, 0.5) is 11.4 Å². The quantitative estimate of drug-likeness (QED) is 0.866. The number of amides is 2. The molecule has 0 fully saturated rings. The van der Waals surface area contributed by atoms with Crippen molar-refractivity contribution in [2.45, 2.75) is 26.4 Å². The molecule has 2 N–H and O–H groups in total. The van der Waals surface area contributed by atoms with E-state index in [1.165, 1.54) is 0 Å². The van der Waals surface area contributed by atoms with Gasteiger partial charge in [-0.2, -0.15) is 0 Å². The number of nitrogens with one attached hydrogen (secondary N) is 2. The monoisotopic (exact) mass is 368 g/mol. The van der Waals surface area contributed by atoms with Crippen LogP contribution in [0.2, 0.25) is 0 Å². The van der Waals surface area contributed by atoms with Crippen molar-refractivity contribution in [2.75, 3.05) is 23.8 Å². The second-order valence-corrected chi connectivity index (χ2v) is 6.52. The number of hydrogen-bond acceptors (Lipinski definition) is 5. The van der Waals surface area contributed by atoms with Gasteiger partial charge in [-0.1, -0.05) is 0 Å². The van der Waals surface area contributed by atoms with E-state index >= 15 is 0 Å². The number of anilines is 2. The maximum absolute atomic E-state index is 12.7. The van der Waals surface area contributed by atoms with Crippen molar-refractivity contribution in [3.05, 3.63) is 41.5 Å². The summed E-state index contributed by atoms with van der Waals surface area (Å²) >= 11 is 0. The van der Waals surface area contributed by atoms with Gasteiger partial charge in [-0.15, -0.1) is 0 Å². The van der Waals surface area contributed by atoms with Crippen LogP contribution in [0.3, 0.4) is 0 Å². The molecule has 7 nitrogen and oxygen atoms in total. The van der Waals surface area contributed by atoms with Gasteiger partial charge in [0.2, 0.25) is 0 Å². The lowest BCUT2D eigenvalue weighted by molar-refractivity contribution is -0.118. The Bertz CT molecular complexity index is 925. The second kappa shape index (κ2) is 6.83. The van der Waals surface area contributed by atoms with Gasteiger partial charge in [0.15, 0.2) is 6.61 Å². The summed E-state index contributed by atoms with van der Waals surface area (Å²) in [5.74, 6) is 1.35. The minimum atomic E-state index is -0.315. The van der Waals surface area contributed by atoms with Crippen LogP contribution in [0.15, 0.2) is 30.3 Å². The third-order valence-electron chi connectivity index (χ3n) is 4.42. The van der Waals surface area contributed by atoms with Crippen LogP contribution >= 0.6 is 0 Å². The summed E-state index contributed by atoms with van der Waals surface area (Å²) in [7, 11) is 0.